The van der Waals surface area contributed by atoms with Crippen molar-refractivity contribution in [2.45, 2.75) is 0 Å². The van der Waals surface area contributed by atoms with Gasteiger partial charge in [-0.15, -0.1) is 0 Å². The lowest BCUT2D eigenvalue weighted by Gasteiger charge is -2.01. The summed E-state index contributed by atoms with van der Waals surface area (Å²) in [5.41, 5.74) is 0. The highest BCUT2D eigenvalue weighted by Crippen LogP contribution is 2.34. The molecule has 1 aromatic heterocycles. The van der Waals surface area contributed by atoms with Crippen LogP contribution in [0.3, 0.4) is 0 Å². The highest BCUT2D eigenvalue weighted by atomic mass is 35.5. The predicted molar refractivity (Wildman–Crippen MR) is 66.5 cm³/mol. The molecule has 78 valence electrons. The number of nitrogens with zero attached hydrogens (tertiary/aromatic N) is 1. The molecule has 0 amide bonds. The number of ether oxygens (including phenoxy) is 1. The quantitative estimate of drug-likeness (QED) is 0.628. The average molecular weight is 259 g/mol. The molecule has 2 aromatic rings. The highest BCUT2D eigenvalue weighted by Gasteiger charge is 2.12. The van der Waals surface area contributed by atoms with Gasteiger partial charge in [-0.3, -0.25) is 5.41 Å². The van der Waals surface area contributed by atoms with Crippen molar-refractivity contribution in [2.75, 3.05) is 6.26 Å². The second kappa shape index (κ2) is 4.38. The lowest BCUT2D eigenvalue weighted by atomic mass is 10.3. The Hall–Kier alpha value is -0.780. The van der Waals surface area contributed by atoms with Gasteiger partial charge in [0.2, 0.25) is 11.1 Å². The van der Waals surface area contributed by atoms with Crippen LogP contribution in [0.5, 0.6) is 5.88 Å². The molecule has 15 heavy (non-hydrogen) atoms. The van der Waals surface area contributed by atoms with Gasteiger partial charge in [-0.05, 0) is 29.9 Å². The first-order valence-corrected chi connectivity index (χ1v) is 6.44. The van der Waals surface area contributed by atoms with Crippen LogP contribution in [-0.2, 0) is 0 Å². The zero-order valence-corrected chi connectivity index (χ0v) is 10.2. The molecule has 1 aromatic carbocycles. The molecule has 1 N–H and O–H groups in total. The first-order valence-electron chi connectivity index (χ1n) is 4.06. The van der Waals surface area contributed by atoms with Crippen molar-refractivity contribution >= 4 is 50.2 Å². The number of fused-ring (bicyclic) bond motifs is 1. The third-order valence-corrected chi connectivity index (χ3v) is 3.35. The first kappa shape index (κ1) is 10.7. The molecule has 3 nitrogen and oxygen atoms in total. The Morgan fingerprint density at radius 1 is 1.60 bits per heavy atom. The molecule has 0 bridgehead atoms. The summed E-state index contributed by atoms with van der Waals surface area (Å²) in [6, 6.07) is 5.58. The Kier molecular flexibility index (Phi) is 3.14. The minimum atomic E-state index is 0.113. The van der Waals surface area contributed by atoms with Gasteiger partial charge in [-0.2, -0.15) is 4.37 Å². The minimum absolute atomic E-state index is 0.113. The normalized spacial score (nSPS) is 10.5. The van der Waals surface area contributed by atoms with Crippen LogP contribution in [-0.4, -0.2) is 15.9 Å². The smallest absolute Gasteiger partial charge is 0.249 e. The summed E-state index contributed by atoms with van der Waals surface area (Å²) in [5.74, 6) is 0.417. The van der Waals surface area contributed by atoms with E-state index < -0.39 is 0 Å². The fourth-order valence-electron chi connectivity index (χ4n) is 1.12. The Balaban J connectivity index is 2.48. The minimum Gasteiger partial charge on any atom is -0.414 e. The van der Waals surface area contributed by atoms with E-state index in [0.29, 0.717) is 10.9 Å². The van der Waals surface area contributed by atoms with Crippen molar-refractivity contribution < 1.29 is 4.74 Å². The molecule has 0 unspecified atom stereocenters. The summed E-state index contributed by atoms with van der Waals surface area (Å²) in [6.45, 7) is 0. The summed E-state index contributed by atoms with van der Waals surface area (Å²) in [4.78, 5) is 0. The van der Waals surface area contributed by atoms with Crippen LogP contribution < -0.4 is 4.74 Å². The van der Waals surface area contributed by atoms with Gasteiger partial charge in [0.25, 0.3) is 0 Å². The lowest BCUT2D eigenvalue weighted by molar-refractivity contribution is 0.552. The summed E-state index contributed by atoms with van der Waals surface area (Å²) in [5, 5.41) is 8.92. The van der Waals surface area contributed by atoms with Crippen molar-refractivity contribution in [1.29, 1.82) is 5.41 Å². The Morgan fingerprint density at radius 2 is 2.40 bits per heavy atom. The third kappa shape index (κ3) is 2.09. The zero-order chi connectivity index (χ0) is 10.8. The van der Waals surface area contributed by atoms with E-state index in [4.69, 9.17) is 21.7 Å². The molecule has 0 saturated heterocycles. The summed E-state index contributed by atoms with van der Waals surface area (Å²) in [7, 11) is 0. The molecule has 0 fully saturated rings. The van der Waals surface area contributed by atoms with Gasteiger partial charge in [-0.25, -0.2) is 0 Å². The number of hydrogen-bond donors (Lipinski definition) is 1. The Bertz CT molecular complexity index is 512. The molecule has 6 heteroatoms. The molecule has 0 atom stereocenters. The standard InChI is InChI=1S/C9H7ClN2OS2/c1-14-9(11)13-8-7-5(10)3-2-4-6(7)15-12-8/h2-4,11H,1H3. The molecule has 0 aliphatic rings. The summed E-state index contributed by atoms with van der Waals surface area (Å²) >= 11 is 8.57. The van der Waals surface area contributed by atoms with Crippen molar-refractivity contribution in [1.82, 2.24) is 4.37 Å². The van der Waals surface area contributed by atoms with E-state index in [1.165, 1.54) is 23.3 Å². The van der Waals surface area contributed by atoms with E-state index in [1.807, 2.05) is 12.1 Å². The van der Waals surface area contributed by atoms with Crippen LogP contribution in [0, 0.1) is 5.41 Å². The number of rotatable bonds is 1. The third-order valence-electron chi connectivity index (χ3n) is 1.79. The number of thioether (sulfide) groups is 1. The SMILES string of the molecule is CSC(=N)Oc1nsc2cccc(Cl)c12. The average Bonchev–Trinajstić information content (AvgIpc) is 2.63. The van der Waals surface area contributed by atoms with Crippen molar-refractivity contribution in [2.24, 2.45) is 0 Å². The molecule has 0 aliphatic heterocycles. The van der Waals surface area contributed by atoms with Crippen molar-refractivity contribution in [3.8, 4) is 5.88 Å². The predicted octanol–water partition coefficient (Wildman–Crippen LogP) is 3.63. The van der Waals surface area contributed by atoms with E-state index >= 15 is 0 Å². The van der Waals surface area contributed by atoms with Crippen molar-refractivity contribution in [3.05, 3.63) is 23.2 Å². The first-order chi connectivity index (χ1) is 7.22. The Labute approximate surface area is 100 Å². The molecule has 0 saturated carbocycles. The zero-order valence-electron chi connectivity index (χ0n) is 7.78. The molecule has 0 aliphatic carbocycles. The maximum Gasteiger partial charge on any atom is 0.249 e. The monoisotopic (exact) mass is 258 g/mol. The molecule has 0 radical (unpaired) electrons. The van der Waals surface area contributed by atoms with Gasteiger partial charge in [0.05, 0.1) is 15.1 Å². The largest absolute Gasteiger partial charge is 0.414 e. The van der Waals surface area contributed by atoms with E-state index in [0.717, 1.165) is 10.1 Å². The molecule has 2 rings (SSSR count). The van der Waals surface area contributed by atoms with Crippen LogP contribution in [0.15, 0.2) is 18.2 Å². The van der Waals surface area contributed by atoms with Crippen molar-refractivity contribution in [3.63, 3.8) is 0 Å². The van der Waals surface area contributed by atoms with Gasteiger partial charge in [0.15, 0.2) is 0 Å². The van der Waals surface area contributed by atoms with E-state index in [1.54, 1.807) is 12.3 Å². The second-order valence-electron chi connectivity index (χ2n) is 2.69. The fourth-order valence-corrected chi connectivity index (χ4v) is 2.33. The van der Waals surface area contributed by atoms with E-state index in [-0.39, 0.29) is 5.23 Å². The lowest BCUT2D eigenvalue weighted by Crippen LogP contribution is -2.00. The number of aromatic nitrogens is 1. The topological polar surface area (TPSA) is 46.0 Å². The van der Waals surface area contributed by atoms with Gasteiger partial charge < -0.3 is 4.74 Å². The molecule has 0 spiro atoms. The number of hydrogen-bond acceptors (Lipinski definition) is 5. The number of benzene rings is 1. The van der Waals surface area contributed by atoms with Gasteiger partial charge in [-0.1, -0.05) is 29.4 Å². The second-order valence-corrected chi connectivity index (χ2v) is 4.69. The van der Waals surface area contributed by atoms with E-state index in [2.05, 4.69) is 4.37 Å². The molecule has 1 heterocycles. The maximum atomic E-state index is 7.42. The number of nitrogens with one attached hydrogen (secondary N) is 1. The van der Waals surface area contributed by atoms with E-state index in [9.17, 15) is 0 Å². The van der Waals surface area contributed by atoms with Crippen LogP contribution in [0.25, 0.3) is 10.1 Å². The summed E-state index contributed by atoms with van der Waals surface area (Å²) in [6.07, 6.45) is 1.78. The highest BCUT2D eigenvalue weighted by molar-refractivity contribution is 8.12. The number of halogens is 1. The summed E-state index contributed by atoms with van der Waals surface area (Å²) < 4.78 is 10.3. The van der Waals surface area contributed by atoms with Gasteiger partial charge in [0, 0.05) is 0 Å². The van der Waals surface area contributed by atoms with Crippen LogP contribution in [0.2, 0.25) is 5.02 Å². The molecular weight excluding hydrogens is 252 g/mol. The maximum absolute atomic E-state index is 7.42. The van der Waals surface area contributed by atoms with Crippen LogP contribution >= 0.6 is 34.9 Å². The van der Waals surface area contributed by atoms with Gasteiger partial charge in [0.1, 0.15) is 0 Å². The van der Waals surface area contributed by atoms with Crippen LogP contribution in [0.1, 0.15) is 0 Å². The molecular formula is C9H7ClN2OS2. The van der Waals surface area contributed by atoms with Crippen LogP contribution in [0.4, 0.5) is 0 Å². The fraction of sp³-hybridized carbons (Fsp3) is 0.111. The van der Waals surface area contributed by atoms with Gasteiger partial charge >= 0.3 is 0 Å². The Morgan fingerprint density at radius 3 is 3.13 bits per heavy atom.